The van der Waals surface area contributed by atoms with Gasteiger partial charge in [0, 0.05) is 6.54 Å². The first-order chi connectivity index (χ1) is 15.1. The van der Waals surface area contributed by atoms with Crippen LogP contribution < -0.4 is 21.7 Å². The molecule has 0 aliphatic carbocycles. The molecule has 5 N–H and O–H groups in total. The Kier molecular flexibility index (Phi) is 15.8. The number of amides is 3. The second-order valence-corrected chi connectivity index (χ2v) is 9.29. The topological polar surface area (TPSA) is 123 Å². The van der Waals surface area contributed by atoms with Crippen molar-refractivity contribution in [1.29, 1.82) is 0 Å². The third-order valence-electron chi connectivity index (χ3n) is 5.80. The first-order valence-electron chi connectivity index (χ1n) is 12.3. The van der Waals surface area contributed by atoms with Crippen molar-refractivity contribution in [2.24, 2.45) is 11.7 Å². The van der Waals surface area contributed by atoms with Gasteiger partial charge in [-0.1, -0.05) is 53.4 Å². The minimum Gasteiger partial charge on any atom is -0.458 e. The van der Waals surface area contributed by atoms with Gasteiger partial charge in [-0.15, -0.1) is 0 Å². The minimum absolute atomic E-state index is 0.0709. The number of likely N-dealkylation sites (N-methyl/N-ethyl adjacent to an activating group) is 1. The summed E-state index contributed by atoms with van der Waals surface area (Å²) in [6.45, 7) is 10.5. The SMILES string of the molecule is CCCCCCC(C)(CCCC)OC(=O)[C@H](CCCNC(N)=O)NC(=O)C(NC)C(C)C. The monoisotopic (exact) mass is 456 g/mol. The Morgan fingerprint density at radius 1 is 0.969 bits per heavy atom. The summed E-state index contributed by atoms with van der Waals surface area (Å²) in [6.07, 6.45) is 8.93. The Morgan fingerprint density at radius 3 is 2.12 bits per heavy atom. The zero-order chi connectivity index (χ0) is 24.6. The number of carbonyl (C=O) groups excluding carboxylic acids is 3. The van der Waals surface area contributed by atoms with E-state index < -0.39 is 29.7 Å². The molecule has 0 radical (unpaired) electrons. The summed E-state index contributed by atoms with van der Waals surface area (Å²) in [6, 6.07) is -1.79. The maximum Gasteiger partial charge on any atom is 0.329 e. The lowest BCUT2D eigenvalue weighted by Crippen LogP contribution is -2.53. The molecule has 0 spiro atoms. The van der Waals surface area contributed by atoms with E-state index >= 15 is 0 Å². The molecule has 0 aromatic carbocycles. The molecule has 0 aromatic heterocycles. The van der Waals surface area contributed by atoms with Gasteiger partial charge in [0.2, 0.25) is 5.91 Å². The van der Waals surface area contributed by atoms with Crippen molar-refractivity contribution < 1.29 is 19.1 Å². The van der Waals surface area contributed by atoms with E-state index in [4.69, 9.17) is 10.5 Å². The Morgan fingerprint density at radius 2 is 1.59 bits per heavy atom. The molecule has 0 bridgehead atoms. The Labute approximate surface area is 195 Å². The number of hydrogen-bond acceptors (Lipinski definition) is 5. The van der Waals surface area contributed by atoms with Crippen molar-refractivity contribution in [2.75, 3.05) is 13.6 Å². The van der Waals surface area contributed by atoms with E-state index in [0.717, 1.165) is 44.9 Å². The largest absolute Gasteiger partial charge is 0.458 e. The lowest BCUT2D eigenvalue weighted by atomic mass is 9.91. The number of nitrogens with one attached hydrogen (secondary N) is 3. The van der Waals surface area contributed by atoms with Gasteiger partial charge in [-0.3, -0.25) is 4.79 Å². The Bertz CT molecular complexity index is 556. The average Bonchev–Trinajstić information content (AvgIpc) is 2.72. The van der Waals surface area contributed by atoms with Crippen LogP contribution in [0.2, 0.25) is 0 Å². The van der Waals surface area contributed by atoms with Crippen molar-refractivity contribution in [3.63, 3.8) is 0 Å². The molecule has 0 aliphatic heterocycles. The summed E-state index contributed by atoms with van der Waals surface area (Å²) in [7, 11) is 1.73. The summed E-state index contributed by atoms with van der Waals surface area (Å²) in [4.78, 5) is 36.9. The molecule has 3 atom stereocenters. The Balaban J connectivity index is 5.30. The van der Waals surface area contributed by atoms with Crippen LogP contribution in [0.3, 0.4) is 0 Å². The minimum atomic E-state index is -0.775. The second-order valence-electron chi connectivity index (χ2n) is 9.29. The second kappa shape index (κ2) is 16.8. The van der Waals surface area contributed by atoms with Crippen LogP contribution in [0.25, 0.3) is 0 Å². The molecule has 8 heteroatoms. The van der Waals surface area contributed by atoms with Crippen molar-refractivity contribution in [3.05, 3.63) is 0 Å². The fraction of sp³-hybridized carbons (Fsp3) is 0.875. The molecule has 32 heavy (non-hydrogen) atoms. The number of esters is 1. The fourth-order valence-electron chi connectivity index (χ4n) is 3.81. The van der Waals surface area contributed by atoms with E-state index in [9.17, 15) is 14.4 Å². The van der Waals surface area contributed by atoms with Gasteiger partial charge in [-0.25, -0.2) is 9.59 Å². The number of primary amides is 1. The van der Waals surface area contributed by atoms with Crippen molar-refractivity contribution in [2.45, 2.75) is 117 Å². The molecule has 3 amide bonds. The van der Waals surface area contributed by atoms with Crippen LogP contribution in [0.4, 0.5) is 4.79 Å². The molecule has 0 aromatic rings. The molecule has 2 unspecified atom stereocenters. The summed E-state index contributed by atoms with van der Waals surface area (Å²) in [5, 5.41) is 8.40. The van der Waals surface area contributed by atoms with Gasteiger partial charge in [0.25, 0.3) is 0 Å². The summed E-state index contributed by atoms with van der Waals surface area (Å²) < 4.78 is 6.05. The molecule has 188 valence electrons. The van der Waals surface area contributed by atoms with E-state index in [1.165, 1.54) is 6.42 Å². The molecule has 0 heterocycles. The highest BCUT2D eigenvalue weighted by Gasteiger charge is 2.33. The van der Waals surface area contributed by atoms with Gasteiger partial charge in [-0.2, -0.15) is 0 Å². The van der Waals surface area contributed by atoms with E-state index in [2.05, 4.69) is 29.8 Å². The van der Waals surface area contributed by atoms with Crippen molar-refractivity contribution >= 4 is 17.9 Å². The van der Waals surface area contributed by atoms with Gasteiger partial charge in [0.15, 0.2) is 0 Å². The lowest BCUT2D eigenvalue weighted by Gasteiger charge is -2.32. The van der Waals surface area contributed by atoms with Crippen LogP contribution in [0, 0.1) is 5.92 Å². The van der Waals surface area contributed by atoms with Gasteiger partial charge < -0.3 is 26.4 Å². The first-order valence-corrected chi connectivity index (χ1v) is 12.3. The molecule has 0 aliphatic rings. The van der Waals surface area contributed by atoms with Crippen molar-refractivity contribution in [3.8, 4) is 0 Å². The molecule has 8 nitrogen and oxygen atoms in total. The number of hydrogen-bond donors (Lipinski definition) is 4. The smallest absolute Gasteiger partial charge is 0.329 e. The van der Waals surface area contributed by atoms with Crippen LogP contribution in [-0.2, 0) is 14.3 Å². The highest BCUT2D eigenvalue weighted by molar-refractivity contribution is 5.87. The summed E-state index contributed by atoms with van der Waals surface area (Å²) in [5.41, 5.74) is 4.57. The highest BCUT2D eigenvalue weighted by atomic mass is 16.6. The van der Waals surface area contributed by atoms with Crippen LogP contribution in [0.1, 0.15) is 98.8 Å². The number of carbonyl (C=O) groups is 3. The number of unbranched alkanes of at least 4 members (excludes halogenated alkanes) is 4. The third kappa shape index (κ3) is 12.9. The molecule has 0 saturated carbocycles. The third-order valence-corrected chi connectivity index (χ3v) is 5.80. The van der Waals surface area contributed by atoms with E-state index in [1.54, 1.807) is 7.05 Å². The predicted octanol–water partition coefficient (Wildman–Crippen LogP) is 3.63. The predicted molar refractivity (Wildman–Crippen MR) is 129 cm³/mol. The summed E-state index contributed by atoms with van der Waals surface area (Å²) in [5.74, 6) is -0.572. The van der Waals surface area contributed by atoms with Crippen LogP contribution in [0.5, 0.6) is 0 Å². The van der Waals surface area contributed by atoms with E-state index in [1.807, 2.05) is 20.8 Å². The molecule has 0 saturated heterocycles. The standard InChI is InChI=1S/C24H48N4O4/c1-7-9-11-12-16-24(5,15-10-8-2)32-22(30)19(14-13-17-27-23(25)31)28-21(29)20(26-6)18(3)4/h18-20,26H,7-17H2,1-6H3,(H,28,29)(H3,25,27,31)/t19-,20?,24?/m0/s1. The van der Waals surface area contributed by atoms with Gasteiger partial charge >= 0.3 is 12.0 Å². The van der Waals surface area contributed by atoms with E-state index in [0.29, 0.717) is 19.4 Å². The van der Waals surface area contributed by atoms with E-state index in [-0.39, 0.29) is 11.8 Å². The highest BCUT2D eigenvalue weighted by Crippen LogP contribution is 2.27. The molecular weight excluding hydrogens is 408 g/mol. The average molecular weight is 457 g/mol. The van der Waals surface area contributed by atoms with Crippen LogP contribution in [-0.4, -0.2) is 49.2 Å². The molecule has 0 fully saturated rings. The maximum absolute atomic E-state index is 13.2. The van der Waals surface area contributed by atoms with Crippen molar-refractivity contribution in [1.82, 2.24) is 16.0 Å². The first kappa shape index (κ1) is 30.2. The lowest BCUT2D eigenvalue weighted by molar-refractivity contribution is -0.164. The molecular formula is C24H48N4O4. The van der Waals surface area contributed by atoms with Crippen LogP contribution in [0.15, 0.2) is 0 Å². The number of urea groups is 1. The Hall–Kier alpha value is -1.83. The quantitative estimate of drug-likeness (QED) is 0.185. The fourth-order valence-corrected chi connectivity index (χ4v) is 3.81. The summed E-state index contributed by atoms with van der Waals surface area (Å²) >= 11 is 0. The van der Waals surface area contributed by atoms with Crippen LogP contribution >= 0.6 is 0 Å². The zero-order valence-electron chi connectivity index (χ0n) is 21.2. The maximum atomic E-state index is 13.2. The zero-order valence-corrected chi connectivity index (χ0v) is 21.2. The van der Waals surface area contributed by atoms with Gasteiger partial charge in [0.05, 0.1) is 6.04 Å². The number of ether oxygens (including phenoxy) is 1. The van der Waals surface area contributed by atoms with Gasteiger partial charge in [-0.05, 0) is 58.4 Å². The normalized spacial score (nSPS) is 15.0. The number of nitrogens with two attached hydrogens (primary N) is 1. The number of rotatable bonds is 18. The van der Waals surface area contributed by atoms with Gasteiger partial charge in [0.1, 0.15) is 11.6 Å². The molecule has 0 rings (SSSR count).